The molecule has 1 amide bonds. The number of aromatic nitrogens is 3. The first-order chi connectivity index (χ1) is 11.1. The molecular formula is C16H21N5OS. The molecular weight excluding hydrogens is 310 g/mol. The van der Waals surface area contributed by atoms with Gasteiger partial charge >= 0.3 is 0 Å². The Morgan fingerprint density at radius 1 is 1.43 bits per heavy atom. The van der Waals surface area contributed by atoms with E-state index in [9.17, 15) is 4.79 Å². The highest BCUT2D eigenvalue weighted by atomic mass is 32.2. The Balaban J connectivity index is 1.66. The van der Waals surface area contributed by atoms with Gasteiger partial charge in [0.1, 0.15) is 0 Å². The van der Waals surface area contributed by atoms with E-state index in [0.717, 1.165) is 25.3 Å². The molecule has 0 radical (unpaired) electrons. The smallest absolute Gasteiger partial charge is 0.273 e. The van der Waals surface area contributed by atoms with Gasteiger partial charge in [0, 0.05) is 17.2 Å². The zero-order valence-corrected chi connectivity index (χ0v) is 14.2. The predicted octanol–water partition coefficient (Wildman–Crippen LogP) is 1.81. The number of nitrogens with one attached hydrogen (secondary N) is 1. The zero-order chi connectivity index (χ0) is 16.2. The van der Waals surface area contributed by atoms with Gasteiger partial charge in [-0.15, -0.1) is 16.9 Å². The monoisotopic (exact) mass is 331 g/mol. The normalized spacial score (nSPS) is 17.1. The average molecular weight is 331 g/mol. The SMILES string of the molecule is CN(C)CCn1cc(C(=O)NC2CCSc3ccccc32)nn1. The largest absolute Gasteiger partial charge is 0.344 e. The molecule has 0 saturated heterocycles. The minimum absolute atomic E-state index is 0.0480. The summed E-state index contributed by atoms with van der Waals surface area (Å²) >= 11 is 1.84. The van der Waals surface area contributed by atoms with Crippen LogP contribution in [0.5, 0.6) is 0 Å². The lowest BCUT2D eigenvalue weighted by Crippen LogP contribution is -2.30. The Labute approximate surface area is 140 Å². The van der Waals surface area contributed by atoms with Crippen molar-refractivity contribution in [1.82, 2.24) is 25.2 Å². The van der Waals surface area contributed by atoms with E-state index in [0.29, 0.717) is 5.69 Å². The molecule has 1 aliphatic rings. The van der Waals surface area contributed by atoms with Crippen LogP contribution >= 0.6 is 11.8 Å². The summed E-state index contributed by atoms with van der Waals surface area (Å²) in [6.07, 6.45) is 2.64. The number of benzene rings is 1. The molecule has 1 N–H and O–H groups in total. The van der Waals surface area contributed by atoms with Crippen molar-refractivity contribution in [3.8, 4) is 0 Å². The first kappa shape index (κ1) is 16.0. The Kier molecular flexibility index (Phi) is 4.97. The fourth-order valence-electron chi connectivity index (χ4n) is 2.54. The van der Waals surface area contributed by atoms with Crippen molar-refractivity contribution < 1.29 is 4.79 Å². The number of carbonyl (C=O) groups excluding carboxylic acids is 1. The van der Waals surface area contributed by atoms with Crippen molar-refractivity contribution in [2.24, 2.45) is 0 Å². The molecule has 0 saturated carbocycles. The minimum Gasteiger partial charge on any atom is -0.344 e. The number of hydrogen-bond donors (Lipinski definition) is 1. The first-order valence-electron chi connectivity index (χ1n) is 7.71. The Hall–Kier alpha value is -1.86. The number of nitrogens with zero attached hydrogens (tertiary/aromatic N) is 4. The maximum absolute atomic E-state index is 12.4. The summed E-state index contributed by atoms with van der Waals surface area (Å²) in [6, 6.07) is 8.29. The van der Waals surface area contributed by atoms with Gasteiger partial charge in [0.05, 0.1) is 18.8 Å². The second-order valence-corrected chi connectivity index (χ2v) is 7.01. The lowest BCUT2D eigenvalue weighted by molar-refractivity contribution is 0.0930. The van der Waals surface area contributed by atoms with Crippen molar-refractivity contribution in [1.29, 1.82) is 0 Å². The molecule has 0 bridgehead atoms. The lowest BCUT2D eigenvalue weighted by Gasteiger charge is -2.25. The molecule has 0 aliphatic carbocycles. The molecule has 122 valence electrons. The fourth-order valence-corrected chi connectivity index (χ4v) is 3.66. The van der Waals surface area contributed by atoms with Crippen LogP contribution in [0.3, 0.4) is 0 Å². The van der Waals surface area contributed by atoms with Gasteiger partial charge < -0.3 is 10.2 Å². The van der Waals surface area contributed by atoms with Crippen LogP contribution in [0.15, 0.2) is 35.4 Å². The van der Waals surface area contributed by atoms with Crippen LogP contribution < -0.4 is 5.32 Å². The van der Waals surface area contributed by atoms with E-state index in [4.69, 9.17) is 0 Å². The quantitative estimate of drug-likeness (QED) is 0.905. The number of likely N-dealkylation sites (N-methyl/N-ethyl adjacent to an activating group) is 1. The van der Waals surface area contributed by atoms with E-state index >= 15 is 0 Å². The number of rotatable bonds is 5. The van der Waals surface area contributed by atoms with E-state index in [1.807, 2.05) is 38.0 Å². The third kappa shape index (κ3) is 3.92. The number of amides is 1. The Morgan fingerprint density at radius 3 is 3.09 bits per heavy atom. The molecule has 7 heteroatoms. The summed E-state index contributed by atoms with van der Waals surface area (Å²) in [6.45, 7) is 1.58. The van der Waals surface area contributed by atoms with E-state index in [1.165, 1.54) is 10.5 Å². The molecule has 1 unspecified atom stereocenters. The third-order valence-corrected chi connectivity index (χ3v) is 4.93. The number of thioether (sulfide) groups is 1. The Bertz CT molecular complexity index is 685. The molecule has 2 heterocycles. The van der Waals surface area contributed by atoms with Crippen LogP contribution in [-0.2, 0) is 6.54 Å². The molecule has 0 fully saturated rings. The lowest BCUT2D eigenvalue weighted by atomic mass is 10.0. The second kappa shape index (κ2) is 7.14. The van der Waals surface area contributed by atoms with E-state index in [2.05, 4.69) is 32.7 Å². The van der Waals surface area contributed by atoms with Crippen LogP contribution in [0.2, 0.25) is 0 Å². The molecule has 1 aliphatic heterocycles. The number of hydrogen-bond acceptors (Lipinski definition) is 5. The highest BCUT2D eigenvalue weighted by molar-refractivity contribution is 7.99. The van der Waals surface area contributed by atoms with Crippen molar-refractivity contribution >= 4 is 17.7 Å². The summed E-state index contributed by atoms with van der Waals surface area (Å²) < 4.78 is 1.71. The van der Waals surface area contributed by atoms with Gasteiger partial charge in [0.15, 0.2) is 5.69 Å². The summed E-state index contributed by atoms with van der Waals surface area (Å²) in [4.78, 5) is 15.7. The second-order valence-electron chi connectivity index (χ2n) is 5.87. The number of fused-ring (bicyclic) bond motifs is 1. The maximum atomic E-state index is 12.4. The molecule has 23 heavy (non-hydrogen) atoms. The van der Waals surface area contributed by atoms with Gasteiger partial charge in [-0.25, -0.2) is 0 Å². The molecule has 1 aromatic heterocycles. The van der Waals surface area contributed by atoms with Gasteiger partial charge in [-0.1, -0.05) is 23.4 Å². The molecule has 1 aromatic carbocycles. The maximum Gasteiger partial charge on any atom is 0.273 e. The van der Waals surface area contributed by atoms with Gasteiger partial charge in [-0.05, 0) is 32.1 Å². The van der Waals surface area contributed by atoms with Crippen LogP contribution in [0.25, 0.3) is 0 Å². The van der Waals surface area contributed by atoms with Crippen molar-refractivity contribution in [2.45, 2.75) is 23.9 Å². The Morgan fingerprint density at radius 2 is 2.26 bits per heavy atom. The van der Waals surface area contributed by atoms with Crippen molar-refractivity contribution in [3.63, 3.8) is 0 Å². The van der Waals surface area contributed by atoms with Gasteiger partial charge in [-0.3, -0.25) is 9.48 Å². The van der Waals surface area contributed by atoms with Crippen LogP contribution in [0, 0.1) is 0 Å². The summed E-state index contributed by atoms with van der Waals surface area (Å²) in [7, 11) is 4.01. The summed E-state index contributed by atoms with van der Waals surface area (Å²) in [5.41, 5.74) is 1.57. The van der Waals surface area contributed by atoms with Crippen molar-refractivity contribution in [3.05, 3.63) is 41.7 Å². The molecule has 6 nitrogen and oxygen atoms in total. The highest BCUT2D eigenvalue weighted by Gasteiger charge is 2.23. The van der Waals surface area contributed by atoms with Gasteiger partial charge in [0.2, 0.25) is 0 Å². The van der Waals surface area contributed by atoms with Crippen LogP contribution in [-0.4, -0.2) is 52.2 Å². The van der Waals surface area contributed by atoms with Crippen LogP contribution in [0.1, 0.15) is 28.5 Å². The van der Waals surface area contributed by atoms with Crippen molar-refractivity contribution in [2.75, 3.05) is 26.4 Å². The fraction of sp³-hybridized carbons (Fsp3) is 0.438. The predicted molar refractivity (Wildman–Crippen MR) is 90.6 cm³/mol. The molecule has 3 rings (SSSR count). The third-order valence-electron chi connectivity index (χ3n) is 3.81. The standard InChI is InChI=1S/C16H21N5OS/c1-20(2)8-9-21-11-14(18-19-21)16(22)17-13-7-10-23-15-6-4-3-5-12(13)15/h3-6,11,13H,7-10H2,1-2H3,(H,17,22). The molecule has 1 atom stereocenters. The van der Waals surface area contributed by atoms with Crippen LogP contribution in [0.4, 0.5) is 0 Å². The van der Waals surface area contributed by atoms with Gasteiger partial charge in [0.25, 0.3) is 5.91 Å². The zero-order valence-electron chi connectivity index (χ0n) is 13.4. The van der Waals surface area contributed by atoms with E-state index < -0.39 is 0 Å². The topological polar surface area (TPSA) is 63.1 Å². The van der Waals surface area contributed by atoms with Gasteiger partial charge in [-0.2, -0.15) is 0 Å². The highest BCUT2D eigenvalue weighted by Crippen LogP contribution is 2.35. The average Bonchev–Trinajstić information content (AvgIpc) is 3.02. The number of carbonyl (C=O) groups is 1. The molecule has 2 aromatic rings. The first-order valence-corrected chi connectivity index (χ1v) is 8.69. The van der Waals surface area contributed by atoms with E-state index in [1.54, 1.807) is 10.9 Å². The summed E-state index contributed by atoms with van der Waals surface area (Å²) in [5, 5.41) is 11.1. The molecule has 0 spiro atoms. The summed E-state index contributed by atoms with van der Waals surface area (Å²) in [5.74, 6) is 0.852. The van der Waals surface area contributed by atoms with E-state index in [-0.39, 0.29) is 11.9 Å². The minimum atomic E-state index is -0.159.